The second-order valence-corrected chi connectivity index (χ2v) is 4.29. The van der Waals surface area contributed by atoms with E-state index >= 15 is 0 Å². The van der Waals surface area contributed by atoms with Gasteiger partial charge in [0.2, 0.25) is 0 Å². The van der Waals surface area contributed by atoms with Crippen molar-refractivity contribution in [3.63, 3.8) is 0 Å². The molecule has 2 N–H and O–H groups in total. The summed E-state index contributed by atoms with van der Waals surface area (Å²) in [6, 6.07) is 11.4. The van der Waals surface area contributed by atoms with Crippen LogP contribution in [0.1, 0.15) is 11.1 Å². The smallest absolute Gasteiger partial charge is 0.420 e. The number of hydrogen-bond donors (Lipinski definition) is 2. The van der Waals surface area contributed by atoms with E-state index in [-0.39, 0.29) is 6.61 Å². The molecule has 0 spiro atoms. The number of nitrogens with one attached hydrogen (secondary N) is 1. The van der Waals surface area contributed by atoms with Crippen molar-refractivity contribution in [3.05, 3.63) is 64.9 Å². The number of quaternary nitrogens is 1. The zero-order valence-corrected chi connectivity index (χ0v) is 10.7. The molecular formula is C14H12F3NO3. The summed E-state index contributed by atoms with van der Waals surface area (Å²) in [6.45, 7) is -0.0314. The zero-order chi connectivity index (χ0) is 15.5. The van der Waals surface area contributed by atoms with E-state index < -0.39 is 28.4 Å². The van der Waals surface area contributed by atoms with E-state index in [9.17, 15) is 18.4 Å². The molecule has 112 valence electrons. The maximum Gasteiger partial charge on any atom is 0.420 e. The molecule has 21 heavy (non-hydrogen) atoms. The van der Waals surface area contributed by atoms with Crippen molar-refractivity contribution >= 4 is 5.69 Å². The molecule has 0 bridgehead atoms. The third-order valence-electron chi connectivity index (χ3n) is 2.77. The Balaban J connectivity index is 2.26. The van der Waals surface area contributed by atoms with Gasteiger partial charge < -0.3 is 9.94 Å². The number of ether oxygens (including phenoxy) is 1. The topological polar surface area (TPSA) is 57.0 Å². The van der Waals surface area contributed by atoms with Crippen LogP contribution in [-0.4, -0.2) is 5.21 Å². The van der Waals surface area contributed by atoms with Crippen LogP contribution in [0.25, 0.3) is 0 Å². The van der Waals surface area contributed by atoms with E-state index in [2.05, 4.69) is 0 Å². The first-order chi connectivity index (χ1) is 9.88. The summed E-state index contributed by atoms with van der Waals surface area (Å²) in [6.07, 6.45) is -4.68. The predicted molar refractivity (Wildman–Crippen MR) is 68.0 cm³/mol. The fourth-order valence-corrected chi connectivity index (χ4v) is 1.75. The standard InChI is InChI=1S/C14H12F3NO3/c15-14(16,17)12-8-11(18(19)20)6-7-13(12)21-9-10-4-2-1-3-5-10/h1-8,18-19H,9H2. The van der Waals surface area contributed by atoms with Gasteiger partial charge in [-0.25, -0.2) is 5.21 Å². The van der Waals surface area contributed by atoms with Gasteiger partial charge in [0.05, 0.1) is 0 Å². The highest BCUT2D eigenvalue weighted by molar-refractivity contribution is 5.45. The molecule has 0 amide bonds. The van der Waals surface area contributed by atoms with Crippen LogP contribution in [0.5, 0.6) is 5.75 Å². The quantitative estimate of drug-likeness (QED) is 0.853. The average molecular weight is 299 g/mol. The Morgan fingerprint density at radius 3 is 2.33 bits per heavy atom. The van der Waals surface area contributed by atoms with Gasteiger partial charge in [0.1, 0.15) is 17.9 Å². The Bertz CT molecular complexity index is 600. The second-order valence-electron chi connectivity index (χ2n) is 4.29. The van der Waals surface area contributed by atoms with Crippen molar-refractivity contribution in [2.75, 3.05) is 0 Å². The number of hydrogen-bond acceptors (Lipinski definition) is 3. The monoisotopic (exact) mass is 299 g/mol. The van der Waals surface area contributed by atoms with Crippen LogP contribution in [0.15, 0.2) is 48.5 Å². The van der Waals surface area contributed by atoms with E-state index in [1.165, 1.54) is 0 Å². The maximum atomic E-state index is 12.9. The summed E-state index contributed by atoms with van der Waals surface area (Å²) in [7, 11) is 0. The van der Waals surface area contributed by atoms with Gasteiger partial charge in [-0.15, -0.1) is 0 Å². The van der Waals surface area contributed by atoms with Gasteiger partial charge in [0.25, 0.3) is 0 Å². The molecule has 0 saturated heterocycles. The Morgan fingerprint density at radius 2 is 1.76 bits per heavy atom. The van der Waals surface area contributed by atoms with Crippen molar-refractivity contribution < 1.29 is 28.3 Å². The van der Waals surface area contributed by atoms with Crippen molar-refractivity contribution in [2.24, 2.45) is 0 Å². The predicted octanol–water partition coefficient (Wildman–Crippen LogP) is 2.69. The summed E-state index contributed by atoms with van der Waals surface area (Å²) in [5.74, 6) is -0.392. The van der Waals surface area contributed by atoms with Gasteiger partial charge in [0, 0.05) is 12.1 Å². The number of benzene rings is 2. The molecule has 4 nitrogen and oxygen atoms in total. The molecule has 0 aliphatic carbocycles. The Hall–Kier alpha value is -2.09. The van der Waals surface area contributed by atoms with Gasteiger partial charge in [-0.3, -0.25) is 0 Å². The lowest BCUT2D eigenvalue weighted by atomic mass is 10.1. The molecule has 0 heterocycles. The van der Waals surface area contributed by atoms with E-state index in [0.717, 1.165) is 12.1 Å². The Morgan fingerprint density at radius 1 is 1.10 bits per heavy atom. The van der Waals surface area contributed by atoms with Crippen LogP contribution in [0.3, 0.4) is 0 Å². The van der Waals surface area contributed by atoms with Gasteiger partial charge >= 0.3 is 6.18 Å². The van der Waals surface area contributed by atoms with E-state index in [4.69, 9.17) is 9.94 Å². The maximum absolute atomic E-state index is 12.9. The highest BCUT2D eigenvalue weighted by Gasteiger charge is 2.35. The molecule has 2 aromatic rings. The van der Waals surface area contributed by atoms with Crippen LogP contribution in [0, 0.1) is 5.21 Å². The Kier molecular flexibility index (Phi) is 4.46. The largest absolute Gasteiger partial charge is 0.595 e. The molecule has 2 rings (SSSR count). The fourth-order valence-electron chi connectivity index (χ4n) is 1.75. The molecule has 0 aliphatic rings. The van der Waals surface area contributed by atoms with Crippen molar-refractivity contribution in [3.8, 4) is 5.75 Å². The summed E-state index contributed by atoms with van der Waals surface area (Å²) >= 11 is 0. The van der Waals surface area contributed by atoms with Crippen molar-refractivity contribution in [1.82, 2.24) is 0 Å². The first-order valence-electron chi connectivity index (χ1n) is 5.99. The van der Waals surface area contributed by atoms with E-state index in [1.807, 2.05) is 0 Å². The summed E-state index contributed by atoms with van der Waals surface area (Å²) in [4.78, 5) is 0. The van der Waals surface area contributed by atoms with Gasteiger partial charge in [-0.05, 0) is 11.6 Å². The molecule has 1 unspecified atom stereocenters. The third kappa shape index (κ3) is 3.94. The number of rotatable bonds is 4. The minimum atomic E-state index is -4.68. The molecular weight excluding hydrogens is 287 g/mol. The fraction of sp³-hybridized carbons (Fsp3) is 0.143. The molecule has 0 aliphatic heterocycles. The molecule has 0 fully saturated rings. The molecule has 7 heteroatoms. The summed E-state index contributed by atoms with van der Waals surface area (Å²) in [5, 5.41) is 18.1. The highest BCUT2D eigenvalue weighted by atomic mass is 19.4. The normalized spacial score (nSPS) is 13.0. The zero-order valence-electron chi connectivity index (χ0n) is 10.7. The van der Waals surface area contributed by atoms with Crippen LogP contribution in [-0.2, 0) is 12.8 Å². The van der Waals surface area contributed by atoms with Crippen LogP contribution in [0.4, 0.5) is 18.9 Å². The van der Waals surface area contributed by atoms with Crippen LogP contribution < -0.4 is 9.96 Å². The van der Waals surface area contributed by atoms with Gasteiger partial charge in [0.15, 0.2) is 5.69 Å². The first-order valence-corrected chi connectivity index (χ1v) is 5.99. The lowest BCUT2D eigenvalue weighted by Crippen LogP contribution is -2.99. The molecule has 1 atom stereocenters. The van der Waals surface area contributed by atoms with Gasteiger partial charge in [-0.2, -0.15) is 18.4 Å². The summed E-state index contributed by atoms with van der Waals surface area (Å²) in [5.41, 5.74) is -0.819. The third-order valence-corrected chi connectivity index (χ3v) is 2.77. The second kappa shape index (κ2) is 6.13. The minimum Gasteiger partial charge on any atom is -0.595 e. The minimum absolute atomic E-state index is 0.0314. The highest BCUT2D eigenvalue weighted by Crippen LogP contribution is 2.37. The lowest BCUT2D eigenvalue weighted by molar-refractivity contribution is -0.991. The summed E-state index contributed by atoms with van der Waals surface area (Å²) < 4.78 is 44.0. The molecule has 0 radical (unpaired) electrons. The lowest BCUT2D eigenvalue weighted by Gasteiger charge is -2.17. The molecule has 0 saturated carbocycles. The van der Waals surface area contributed by atoms with E-state index in [1.54, 1.807) is 30.3 Å². The van der Waals surface area contributed by atoms with Crippen LogP contribution in [0.2, 0.25) is 0 Å². The molecule has 2 aromatic carbocycles. The Labute approximate surface area is 118 Å². The average Bonchev–Trinajstić information content (AvgIpc) is 2.45. The van der Waals surface area contributed by atoms with Gasteiger partial charge in [-0.1, -0.05) is 30.3 Å². The number of halogens is 3. The van der Waals surface area contributed by atoms with Crippen molar-refractivity contribution in [1.29, 1.82) is 0 Å². The number of alkyl halides is 3. The van der Waals surface area contributed by atoms with E-state index in [0.29, 0.717) is 11.6 Å². The molecule has 0 aromatic heterocycles. The van der Waals surface area contributed by atoms with Crippen molar-refractivity contribution in [2.45, 2.75) is 12.8 Å². The SMILES string of the molecule is [O-][NH+](O)c1ccc(OCc2ccccc2)c(C(F)(F)F)c1. The van der Waals surface area contributed by atoms with Crippen LogP contribution >= 0.6 is 0 Å². The first kappa shape index (κ1) is 15.3.